The van der Waals surface area contributed by atoms with E-state index in [9.17, 15) is 5.11 Å². The highest BCUT2D eigenvalue weighted by molar-refractivity contribution is 5.27. The minimum Gasteiger partial charge on any atom is -0.395 e. The summed E-state index contributed by atoms with van der Waals surface area (Å²) in [4.78, 5) is 2.47. The van der Waals surface area contributed by atoms with Crippen molar-refractivity contribution in [2.75, 3.05) is 19.7 Å². The zero-order valence-corrected chi connectivity index (χ0v) is 12.4. The molecule has 1 N–H and O–H groups in total. The Balaban J connectivity index is 1.78. The average Bonchev–Trinajstić information content (AvgIpc) is 2.57. The molecule has 21 heavy (non-hydrogen) atoms. The van der Waals surface area contributed by atoms with Crippen LogP contribution in [0.1, 0.15) is 24.0 Å². The molecule has 1 saturated heterocycles. The van der Waals surface area contributed by atoms with Gasteiger partial charge in [0.1, 0.15) is 0 Å². The van der Waals surface area contributed by atoms with Crippen molar-refractivity contribution in [3.63, 3.8) is 0 Å². The van der Waals surface area contributed by atoms with E-state index in [2.05, 4.69) is 59.5 Å². The maximum Gasteiger partial charge on any atom is 0.0540 e. The third-order valence-electron chi connectivity index (χ3n) is 4.59. The van der Waals surface area contributed by atoms with Gasteiger partial charge in [-0.3, -0.25) is 4.90 Å². The second-order valence-electron chi connectivity index (χ2n) is 6.10. The lowest BCUT2D eigenvalue weighted by molar-refractivity contribution is 0.0850. The van der Waals surface area contributed by atoms with Crippen molar-refractivity contribution in [1.29, 1.82) is 0 Å². The molecule has 3 rings (SSSR count). The second-order valence-corrected chi connectivity index (χ2v) is 6.10. The fourth-order valence-corrected chi connectivity index (χ4v) is 3.45. The van der Waals surface area contributed by atoms with Crippen LogP contribution in [0.4, 0.5) is 0 Å². The van der Waals surface area contributed by atoms with Crippen molar-refractivity contribution in [1.82, 2.24) is 4.90 Å². The molecule has 2 aromatic rings. The number of piperidine rings is 1. The van der Waals surface area contributed by atoms with Crippen molar-refractivity contribution in [2.24, 2.45) is 0 Å². The molecule has 0 amide bonds. The summed E-state index contributed by atoms with van der Waals surface area (Å²) >= 11 is 0. The van der Waals surface area contributed by atoms with Gasteiger partial charge in [0.25, 0.3) is 0 Å². The fourth-order valence-electron chi connectivity index (χ4n) is 3.45. The molecule has 0 bridgehead atoms. The number of aliphatic hydroxyl groups is 1. The standard InChI is InChI=1S/C19H23NO/c21-16-19(18-10-5-2-6-11-18)12-7-13-20(15-19)14-17-8-3-1-4-9-17/h1-6,8-11,21H,7,12-16H2/t19-/m0/s1. The quantitative estimate of drug-likeness (QED) is 0.930. The molecule has 1 aliphatic heterocycles. The third-order valence-corrected chi connectivity index (χ3v) is 4.59. The maximum atomic E-state index is 10.1. The van der Waals surface area contributed by atoms with Crippen LogP contribution in [0.3, 0.4) is 0 Å². The van der Waals surface area contributed by atoms with Crippen molar-refractivity contribution in [3.05, 3.63) is 71.8 Å². The van der Waals surface area contributed by atoms with Crippen LogP contribution < -0.4 is 0 Å². The highest BCUT2D eigenvalue weighted by Crippen LogP contribution is 2.34. The van der Waals surface area contributed by atoms with E-state index in [0.29, 0.717) is 0 Å². The lowest BCUT2D eigenvalue weighted by Gasteiger charge is -2.42. The van der Waals surface area contributed by atoms with Crippen LogP contribution in [-0.2, 0) is 12.0 Å². The van der Waals surface area contributed by atoms with Crippen LogP contribution in [0.25, 0.3) is 0 Å². The van der Waals surface area contributed by atoms with Gasteiger partial charge < -0.3 is 5.11 Å². The number of benzene rings is 2. The first-order valence-corrected chi connectivity index (χ1v) is 7.75. The molecule has 0 radical (unpaired) electrons. The number of nitrogens with zero attached hydrogens (tertiary/aromatic N) is 1. The highest BCUT2D eigenvalue weighted by Gasteiger charge is 2.36. The Morgan fingerprint density at radius 3 is 2.29 bits per heavy atom. The molecule has 2 nitrogen and oxygen atoms in total. The van der Waals surface area contributed by atoms with E-state index in [-0.39, 0.29) is 12.0 Å². The van der Waals surface area contributed by atoms with Gasteiger partial charge in [0, 0.05) is 18.5 Å². The topological polar surface area (TPSA) is 23.5 Å². The van der Waals surface area contributed by atoms with Gasteiger partial charge in [0.15, 0.2) is 0 Å². The molecular weight excluding hydrogens is 258 g/mol. The Morgan fingerprint density at radius 2 is 1.62 bits per heavy atom. The van der Waals surface area contributed by atoms with Gasteiger partial charge >= 0.3 is 0 Å². The number of hydrogen-bond acceptors (Lipinski definition) is 2. The Bertz CT molecular complexity index is 554. The molecule has 0 unspecified atom stereocenters. The number of likely N-dealkylation sites (tertiary alicyclic amines) is 1. The van der Waals surface area contributed by atoms with E-state index in [1.54, 1.807) is 0 Å². The predicted molar refractivity (Wildman–Crippen MR) is 86.2 cm³/mol. The zero-order valence-electron chi connectivity index (χ0n) is 12.4. The summed E-state index contributed by atoms with van der Waals surface area (Å²) < 4.78 is 0. The summed E-state index contributed by atoms with van der Waals surface area (Å²) in [5.41, 5.74) is 2.51. The van der Waals surface area contributed by atoms with Gasteiger partial charge in [-0.1, -0.05) is 60.7 Å². The first-order valence-electron chi connectivity index (χ1n) is 7.75. The average molecular weight is 281 g/mol. The molecule has 0 saturated carbocycles. The zero-order chi connectivity index (χ0) is 14.5. The largest absolute Gasteiger partial charge is 0.395 e. The second kappa shape index (κ2) is 6.42. The van der Waals surface area contributed by atoms with E-state index in [4.69, 9.17) is 0 Å². The summed E-state index contributed by atoms with van der Waals surface area (Å²) in [5, 5.41) is 10.1. The van der Waals surface area contributed by atoms with Gasteiger partial charge in [-0.2, -0.15) is 0 Å². The monoisotopic (exact) mass is 281 g/mol. The van der Waals surface area contributed by atoms with E-state index in [0.717, 1.165) is 32.5 Å². The number of rotatable bonds is 4. The van der Waals surface area contributed by atoms with E-state index < -0.39 is 0 Å². The lowest BCUT2D eigenvalue weighted by Crippen LogP contribution is -2.47. The number of aliphatic hydroxyl groups excluding tert-OH is 1. The predicted octanol–water partition coefficient (Wildman–Crippen LogP) is 3.21. The highest BCUT2D eigenvalue weighted by atomic mass is 16.3. The molecule has 1 atom stereocenters. The van der Waals surface area contributed by atoms with Gasteiger partial charge in [-0.15, -0.1) is 0 Å². The third kappa shape index (κ3) is 3.17. The van der Waals surface area contributed by atoms with Crippen molar-refractivity contribution in [3.8, 4) is 0 Å². The van der Waals surface area contributed by atoms with Crippen LogP contribution in [0, 0.1) is 0 Å². The fraction of sp³-hybridized carbons (Fsp3) is 0.368. The molecule has 2 aromatic carbocycles. The first kappa shape index (κ1) is 14.3. The van der Waals surface area contributed by atoms with E-state index in [1.807, 2.05) is 6.07 Å². The number of hydrogen-bond donors (Lipinski definition) is 1. The molecular formula is C19H23NO. The van der Waals surface area contributed by atoms with Crippen LogP contribution in [-0.4, -0.2) is 29.7 Å². The van der Waals surface area contributed by atoms with Crippen molar-refractivity contribution >= 4 is 0 Å². The summed E-state index contributed by atoms with van der Waals surface area (Å²) in [6, 6.07) is 21.1. The molecule has 1 fully saturated rings. The SMILES string of the molecule is OC[C@]1(c2ccccc2)CCCN(Cc2ccccc2)C1. The van der Waals surface area contributed by atoms with Gasteiger partial charge in [0.2, 0.25) is 0 Å². The summed E-state index contributed by atoms with van der Waals surface area (Å²) in [7, 11) is 0. The molecule has 110 valence electrons. The van der Waals surface area contributed by atoms with Crippen molar-refractivity contribution in [2.45, 2.75) is 24.8 Å². The first-order chi connectivity index (χ1) is 10.3. The van der Waals surface area contributed by atoms with Gasteiger partial charge in [-0.05, 0) is 30.5 Å². The minimum absolute atomic E-state index is 0.103. The normalized spacial score (nSPS) is 23.1. The van der Waals surface area contributed by atoms with Crippen molar-refractivity contribution < 1.29 is 5.11 Å². The molecule has 0 spiro atoms. The van der Waals surface area contributed by atoms with Gasteiger partial charge in [0.05, 0.1) is 6.61 Å². The van der Waals surface area contributed by atoms with Crippen LogP contribution in [0.15, 0.2) is 60.7 Å². The van der Waals surface area contributed by atoms with Crippen LogP contribution >= 0.6 is 0 Å². The van der Waals surface area contributed by atoms with Crippen LogP contribution in [0.5, 0.6) is 0 Å². The smallest absolute Gasteiger partial charge is 0.0540 e. The van der Waals surface area contributed by atoms with Gasteiger partial charge in [-0.25, -0.2) is 0 Å². The summed E-state index contributed by atoms with van der Waals surface area (Å²) in [6.07, 6.45) is 2.21. The molecule has 1 heterocycles. The molecule has 0 aliphatic carbocycles. The Morgan fingerprint density at radius 1 is 0.952 bits per heavy atom. The minimum atomic E-state index is -0.103. The Kier molecular flexibility index (Phi) is 4.37. The summed E-state index contributed by atoms with van der Waals surface area (Å²) in [6.45, 7) is 3.24. The van der Waals surface area contributed by atoms with E-state index >= 15 is 0 Å². The Hall–Kier alpha value is -1.64. The maximum absolute atomic E-state index is 10.1. The van der Waals surface area contributed by atoms with Crippen LogP contribution in [0.2, 0.25) is 0 Å². The molecule has 2 heteroatoms. The molecule has 0 aromatic heterocycles. The molecule has 1 aliphatic rings. The Labute approximate surface area is 127 Å². The van der Waals surface area contributed by atoms with E-state index in [1.165, 1.54) is 11.1 Å². The lowest BCUT2D eigenvalue weighted by atomic mass is 9.74. The summed E-state index contributed by atoms with van der Waals surface area (Å²) in [5.74, 6) is 0.